The molecule has 11 heavy (non-hydrogen) atoms. The van der Waals surface area contributed by atoms with Gasteiger partial charge >= 0.3 is 0 Å². The van der Waals surface area contributed by atoms with Crippen LogP contribution in [-0.2, 0) is 0 Å². The summed E-state index contributed by atoms with van der Waals surface area (Å²) in [4.78, 5) is 0. The van der Waals surface area contributed by atoms with E-state index >= 15 is 0 Å². The molecule has 2 N–H and O–H groups in total. The summed E-state index contributed by atoms with van der Waals surface area (Å²) in [5.74, 6) is 0.855. The minimum Gasteiger partial charge on any atom is -0.506 e. The van der Waals surface area contributed by atoms with E-state index in [9.17, 15) is 5.11 Å². The second-order valence-corrected chi connectivity index (χ2v) is 2.13. The highest BCUT2D eigenvalue weighted by Crippen LogP contribution is 2.26. The zero-order valence-electron chi connectivity index (χ0n) is 6.59. The molecule has 0 saturated heterocycles. The highest BCUT2D eigenvalue weighted by Gasteiger charge is 1.98. The number of hydrogen-bond donors (Lipinski definition) is 2. The molecule has 0 aliphatic heterocycles. The number of rotatable bonds is 2. The summed E-state index contributed by atoms with van der Waals surface area (Å²) >= 11 is 0. The number of nitrogens with one attached hydrogen (secondary N) is 1. The fourth-order valence-corrected chi connectivity index (χ4v) is 0.850. The minimum atomic E-state index is 0.201. The summed E-state index contributed by atoms with van der Waals surface area (Å²) < 4.78 is 4.91. The first-order chi connectivity index (χ1) is 5.27. The van der Waals surface area contributed by atoms with Crippen LogP contribution in [0.2, 0.25) is 0 Å². The normalized spacial score (nSPS) is 9.27. The molecule has 3 heteroatoms. The zero-order chi connectivity index (χ0) is 8.27. The average Bonchev–Trinajstić information content (AvgIpc) is 2.04. The quantitative estimate of drug-likeness (QED) is 0.632. The maximum atomic E-state index is 9.28. The Labute approximate surface area is 65.6 Å². The molecule has 1 aromatic carbocycles. The van der Waals surface area contributed by atoms with Crippen LogP contribution in [0.25, 0.3) is 0 Å². The predicted molar refractivity (Wildman–Crippen MR) is 44.2 cm³/mol. The molecule has 60 valence electrons. The highest BCUT2D eigenvalue weighted by molar-refractivity contribution is 5.57. The lowest BCUT2D eigenvalue weighted by atomic mass is 10.3. The van der Waals surface area contributed by atoms with Gasteiger partial charge in [0.25, 0.3) is 0 Å². The molecule has 0 bridgehead atoms. The molecule has 3 nitrogen and oxygen atoms in total. The fraction of sp³-hybridized carbons (Fsp3) is 0.250. The van der Waals surface area contributed by atoms with Crippen molar-refractivity contribution in [2.45, 2.75) is 0 Å². The van der Waals surface area contributed by atoms with Gasteiger partial charge in [0.1, 0.15) is 11.5 Å². The first-order valence-corrected chi connectivity index (χ1v) is 3.32. The molecule has 0 atom stereocenters. The number of benzene rings is 1. The second kappa shape index (κ2) is 3.14. The molecule has 0 fully saturated rings. The Hall–Kier alpha value is -1.38. The molecule has 1 aromatic rings. The summed E-state index contributed by atoms with van der Waals surface area (Å²) in [6.07, 6.45) is 0. The van der Waals surface area contributed by atoms with Gasteiger partial charge in [0.2, 0.25) is 0 Å². The number of hydrogen-bond acceptors (Lipinski definition) is 3. The fourth-order valence-electron chi connectivity index (χ4n) is 0.850. The van der Waals surface area contributed by atoms with Crippen LogP contribution in [0.3, 0.4) is 0 Å². The van der Waals surface area contributed by atoms with Crippen molar-refractivity contribution in [2.24, 2.45) is 0 Å². The van der Waals surface area contributed by atoms with Crippen LogP contribution in [0.1, 0.15) is 0 Å². The van der Waals surface area contributed by atoms with Crippen LogP contribution < -0.4 is 10.1 Å². The van der Waals surface area contributed by atoms with Gasteiger partial charge in [0.15, 0.2) is 0 Å². The summed E-state index contributed by atoms with van der Waals surface area (Å²) in [6, 6.07) is 5.10. The van der Waals surface area contributed by atoms with E-state index in [-0.39, 0.29) is 5.75 Å². The third kappa shape index (κ3) is 1.55. The van der Waals surface area contributed by atoms with E-state index in [1.54, 1.807) is 32.4 Å². The molecule has 0 radical (unpaired) electrons. The smallest absolute Gasteiger partial charge is 0.142 e. The molecule has 0 heterocycles. The Balaban J connectivity index is 2.99. The lowest BCUT2D eigenvalue weighted by Crippen LogP contribution is -1.89. The average molecular weight is 153 g/mol. The first-order valence-electron chi connectivity index (χ1n) is 3.32. The van der Waals surface area contributed by atoms with Crippen LogP contribution in [0.4, 0.5) is 5.69 Å². The number of methoxy groups -OCH3 is 1. The van der Waals surface area contributed by atoms with E-state index in [0.717, 1.165) is 0 Å². The molecule has 0 aliphatic rings. The van der Waals surface area contributed by atoms with Crippen molar-refractivity contribution < 1.29 is 9.84 Å². The van der Waals surface area contributed by atoms with Gasteiger partial charge in [-0.3, -0.25) is 0 Å². The van der Waals surface area contributed by atoms with Gasteiger partial charge in [-0.05, 0) is 12.1 Å². The van der Waals surface area contributed by atoms with Crippen molar-refractivity contribution in [1.29, 1.82) is 0 Å². The molecule has 0 aliphatic carbocycles. The largest absolute Gasteiger partial charge is 0.506 e. The summed E-state index contributed by atoms with van der Waals surface area (Å²) in [7, 11) is 3.31. The summed E-state index contributed by atoms with van der Waals surface area (Å²) in [5.41, 5.74) is 0.700. The third-order valence-corrected chi connectivity index (χ3v) is 1.47. The Morgan fingerprint density at radius 3 is 2.64 bits per heavy atom. The Kier molecular flexibility index (Phi) is 2.21. The van der Waals surface area contributed by atoms with Crippen molar-refractivity contribution in [3.63, 3.8) is 0 Å². The lowest BCUT2D eigenvalue weighted by molar-refractivity contribution is 0.408. The summed E-state index contributed by atoms with van der Waals surface area (Å²) in [5, 5.41) is 12.1. The van der Waals surface area contributed by atoms with E-state index in [1.165, 1.54) is 0 Å². The number of ether oxygens (including phenoxy) is 1. The monoisotopic (exact) mass is 153 g/mol. The van der Waals surface area contributed by atoms with E-state index in [2.05, 4.69) is 5.32 Å². The molecular weight excluding hydrogens is 142 g/mol. The second-order valence-electron chi connectivity index (χ2n) is 2.13. The third-order valence-electron chi connectivity index (χ3n) is 1.47. The minimum absolute atomic E-state index is 0.201. The van der Waals surface area contributed by atoms with E-state index < -0.39 is 0 Å². The van der Waals surface area contributed by atoms with Crippen molar-refractivity contribution in [3.8, 4) is 11.5 Å². The van der Waals surface area contributed by atoms with E-state index in [1.807, 2.05) is 0 Å². The van der Waals surface area contributed by atoms with Crippen molar-refractivity contribution >= 4 is 5.69 Å². The first kappa shape index (κ1) is 7.72. The van der Waals surface area contributed by atoms with Gasteiger partial charge in [-0.15, -0.1) is 0 Å². The van der Waals surface area contributed by atoms with Crippen LogP contribution in [0, 0.1) is 0 Å². The maximum absolute atomic E-state index is 9.28. The van der Waals surface area contributed by atoms with Gasteiger partial charge in [0, 0.05) is 13.1 Å². The Bertz CT molecular complexity index is 248. The van der Waals surface area contributed by atoms with Gasteiger partial charge < -0.3 is 15.2 Å². The zero-order valence-corrected chi connectivity index (χ0v) is 6.59. The Morgan fingerprint density at radius 2 is 2.18 bits per heavy atom. The van der Waals surface area contributed by atoms with Crippen LogP contribution in [0.15, 0.2) is 18.2 Å². The maximum Gasteiger partial charge on any atom is 0.142 e. The van der Waals surface area contributed by atoms with Gasteiger partial charge in [-0.2, -0.15) is 0 Å². The predicted octanol–water partition coefficient (Wildman–Crippen LogP) is 1.44. The number of anilines is 1. The SMILES string of the molecule is CNc1ccc(OC)cc1O. The van der Waals surface area contributed by atoms with E-state index in [4.69, 9.17) is 4.74 Å². The van der Waals surface area contributed by atoms with Crippen molar-refractivity contribution in [1.82, 2.24) is 0 Å². The molecular formula is C8H11NO2. The van der Waals surface area contributed by atoms with Crippen molar-refractivity contribution in [2.75, 3.05) is 19.5 Å². The standard InChI is InChI=1S/C8H11NO2/c1-9-7-4-3-6(11-2)5-8(7)10/h3-5,9-10H,1-2H3. The van der Waals surface area contributed by atoms with E-state index in [0.29, 0.717) is 11.4 Å². The molecule has 0 saturated carbocycles. The van der Waals surface area contributed by atoms with Gasteiger partial charge in [-0.25, -0.2) is 0 Å². The number of aromatic hydroxyl groups is 1. The van der Waals surface area contributed by atoms with Crippen molar-refractivity contribution in [3.05, 3.63) is 18.2 Å². The summed E-state index contributed by atoms with van der Waals surface area (Å²) in [6.45, 7) is 0. The molecule has 0 spiro atoms. The Morgan fingerprint density at radius 1 is 1.45 bits per heavy atom. The molecule has 0 unspecified atom stereocenters. The van der Waals surface area contributed by atoms with Crippen LogP contribution in [0.5, 0.6) is 11.5 Å². The number of phenolic OH excluding ortho intramolecular Hbond substituents is 1. The highest BCUT2D eigenvalue weighted by atomic mass is 16.5. The molecule has 1 rings (SSSR count). The van der Waals surface area contributed by atoms with Gasteiger partial charge in [0.05, 0.1) is 12.8 Å². The van der Waals surface area contributed by atoms with Crippen LogP contribution >= 0.6 is 0 Å². The lowest BCUT2D eigenvalue weighted by Gasteiger charge is -2.04. The molecule has 0 amide bonds. The van der Waals surface area contributed by atoms with Crippen LogP contribution in [-0.4, -0.2) is 19.3 Å². The van der Waals surface area contributed by atoms with Gasteiger partial charge in [-0.1, -0.05) is 0 Å². The molecule has 0 aromatic heterocycles. The topological polar surface area (TPSA) is 41.5 Å². The number of phenols is 1.